The van der Waals surface area contributed by atoms with E-state index in [0.29, 0.717) is 29.5 Å². The largest absolute Gasteiger partial charge is 0.495 e. The van der Waals surface area contributed by atoms with Gasteiger partial charge in [0, 0.05) is 41.9 Å². The van der Waals surface area contributed by atoms with Crippen molar-refractivity contribution < 1.29 is 9.53 Å². The predicted octanol–water partition coefficient (Wildman–Crippen LogP) is 4.66. The third kappa shape index (κ3) is 4.00. The fourth-order valence-electron chi connectivity index (χ4n) is 3.06. The van der Waals surface area contributed by atoms with E-state index in [4.69, 9.17) is 27.9 Å². The number of nitrogens with zero attached hydrogens (tertiary/aromatic N) is 2. The van der Waals surface area contributed by atoms with E-state index in [1.807, 2.05) is 19.1 Å². The number of rotatable bonds is 3. The summed E-state index contributed by atoms with van der Waals surface area (Å²) in [7, 11) is 1.56. The molecule has 5 nitrogen and oxygen atoms in total. The molecule has 1 aliphatic heterocycles. The Morgan fingerprint density at radius 3 is 2.54 bits per heavy atom. The second-order valence-corrected chi connectivity index (χ2v) is 6.98. The highest BCUT2D eigenvalue weighted by Crippen LogP contribution is 2.29. The molecule has 1 aliphatic rings. The summed E-state index contributed by atoms with van der Waals surface area (Å²) in [5, 5.41) is 4.19. The highest BCUT2D eigenvalue weighted by molar-refractivity contribution is 6.31. The zero-order valence-corrected chi connectivity index (χ0v) is 16.3. The lowest BCUT2D eigenvalue weighted by Crippen LogP contribution is -2.50. The minimum atomic E-state index is -0.159. The summed E-state index contributed by atoms with van der Waals surface area (Å²) in [5.41, 5.74) is 2.75. The molecule has 1 fully saturated rings. The van der Waals surface area contributed by atoms with Crippen molar-refractivity contribution in [1.29, 1.82) is 0 Å². The van der Waals surface area contributed by atoms with Crippen molar-refractivity contribution in [3.8, 4) is 5.75 Å². The predicted molar refractivity (Wildman–Crippen MR) is 107 cm³/mol. The molecule has 1 N–H and O–H groups in total. The number of piperazine rings is 1. The van der Waals surface area contributed by atoms with Gasteiger partial charge in [-0.1, -0.05) is 29.3 Å². The Balaban J connectivity index is 1.64. The van der Waals surface area contributed by atoms with Crippen molar-refractivity contribution >= 4 is 40.6 Å². The second kappa shape index (κ2) is 8.06. The zero-order chi connectivity index (χ0) is 18.7. The van der Waals surface area contributed by atoms with Crippen LogP contribution in [0, 0.1) is 6.92 Å². The summed E-state index contributed by atoms with van der Waals surface area (Å²) in [6.45, 7) is 4.77. The van der Waals surface area contributed by atoms with Gasteiger partial charge in [-0.25, -0.2) is 4.79 Å². The molecule has 0 atom stereocenters. The van der Waals surface area contributed by atoms with Crippen LogP contribution in [-0.2, 0) is 0 Å². The SMILES string of the molecule is COc1ccc(Cl)cc1NC(=O)N1CCN(c2cccc(Cl)c2C)CC1. The molecule has 0 radical (unpaired) electrons. The van der Waals surface area contributed by atoms with Gasteiger partial charge in [-0.05, 0) is 42.8 Å². The van der Waals surface area contributed by atoms with Gasteiger partial charge in [-0.15, -0.1) is 0 Å². The van der Waals surface area contributed by atoms with Crippen LogP contribution in [0.15, 0.2) is 36.4 Å². The minimum absolute atomic E-state index is 0.159. The number of urea groups is 1. The molecule has 0 aromatic heterocycles. The lowest BCUT2D eigenvalue weighted by molar-refractivity contribution is 0.208. The van der Waals surface area contributed by atoms with Gasteiger partial charge in [-0.3, -0.25) is 0 Å². The molecular formula is C19H21Cl2N3O2. The molecule has 2 amide bonds. The number of methoxy groups -OCH3 is 1. The summed E-state index contributed by atoms with van der Waals surface area (Å²) in [4.78, 5) is 16.6. The van der Waals surface area contributed by atoms with Gasteiger partial charge >= 0.3 is 6.03 Å². The van der Waals surface area contributed by atoms with Crippen LogP contribution in [0.3, 0.4) is 0 Å². The van der Waals surface area contributed by atoms with Crippen LogP contribution in [0.1, 0.15) is 5.56 Å². The van der Waals surface area contributed by atoms with Gasteiger partial charge in [0.2, 0.25) is 0 Å². The molecular weight excluding hydrogens is 373 g/mol. The van der Waals surface area contributed by atoms with E-state index in [0.717, 1.165) is 29.4 Å². The number of amides is 2. The Kier molecular flexibility index (Phi) is 5.79. The highest BCUT2D eigenvalue weighted by Gasteiger charge is 2.23. The average molecular weight is 394 g/mol. The van der Waals surface area contributed by atoms with Crippen LogP contribution in [0.5, 0.6) is 5.75 Å². The number of carbonyl (C=O) groups excluding carboxylic acids is 1. The standard InChI is InChI=1S/C19H21Cl2N3O2/c1-13-15(21)4-3-5-17(13)23-8-10-24(11-9-23)19(25)22-16-12-14(20)6-7-18(16)26-2/h3-7,12H,8-11H2,1-2H3,(H,22,25). The van der Waals surface area contributed by atoms with Crippen LogP contribution in [0.2, 0.25) is 10.0 Å². The molecule has 26 heavy (non-hydrogen) atoms. The quantitative estimate of drug-likeness (QED) is 0.823. The topological polar surface area (TPSA) is 44.8 Å². The van der Waals surface area contributed by atoms with E-state index in [1.165, 1.54) is 0 Å². The van der Waals surface area contributed by atoms with E-state index < -0.39 is 0 Å². The first-order chi connectivity index (χ1) is 12.5. The number of benzene rings is 2. The number of ether oxygens (including phenoxy) is 1. The molecule has 0 bridgehead atoms. The van der Waals surface area contributed by atoms with Gasteiger partial charge in [0.05, 0.1) is 12.8 Å². The van der Waals surface area contributed by atoms with Crippen LogP contribution >= 0.6 is 23.2 Å². The molecule has 1 saturated heterocycles. The van der Waals surface area contributed by atoms with Gasteiger partial charge < -0.3 is 19.9 Å². The summed E-state index contributed by atoms with van der Waals surface area (Å²) < 4.78 is 5.28. The first-order valence-electron chi connectivity index (χ1n) is 8.39. The molecule has 0 unspecified atom stereocenters. The second-order valence-electron chi connectivity index (χ2n) is 6.13. The molecule has 3 rings (SSSR count). The molecule has 138 valence electrons. The van der Waals surface area contributed by atoms with Gasteiger partial charge in [0.25, 0.3) is 0 Å². The molecule has 0 spiro atoms. The molecule has 2 aromatic rings. The number of nitrogens with one attached hydrogen (secondary N) is 1. The lowest BCUT2D eigenvalue weighted by atomic mass is 10.1. The highest BCUT2D eigenvalue weighted by atomic mass is 35.5. The number of hydrogen-bond donors (Lipinski definition) is 1. The van der Waals surface area contributed by atoms with Crippen molar-refractivity contribution in [3.05, 3.63) is 52.0 Å². The van der Waals surface area contributed by atoms with E-state index in [2.05, 4.69) is 16.3 Å². The monoisotopic (exact) mass is 393 g/mol. The third-order valence-corrected chi connectivity index (χ3v) is 5.19. The molecule has 0 aliphatic carbocycles. The molecule has 1 heterocycles. The van der Waals surface area contributed by atoms with Crippen LogP contribution in [-0.4, -0.2) is 44.2 Å². The maximum absolute atomic E-state index is 12.6. The van der Waals surface area contributed by atoms with Crippen molar-refractivity contribution in [2.45, 2.75) is 6.92 Å². The van der Waals surface area contributed by atoms with E-state index in [1.54, 1.807) is 30.2 Å². The van der Waals surface area contributed by atoms with Crippen LogP contribution < -0.4 is 15.0 Å². The lowest BCUT2D eigenvalue weighted by Gasteiger charge is -2.37. The Morgan fingerprint density at radius 2 is 1.85 bits per heavy atom. The summed E-state index contributed by atoms with van der Waals surface area (Å²) in [5.74, 6) is 0.580. The van der Waals surface area contributed by atoms with E-state index in [9.17, 15) is 4.79 Å². The van der Waals surface area contributed by atoms with Crippen molar-refractivity contribution in [2.24, 2.45) is 0 Å². The summed E-state index contributed by atoms with van der Waals surface area (Å²) >= 11 is 12.2. The van der Waals surface area contributed by atoms with Crippen molar-refractivity contribution in [1.82, 2.24) is 4.90 Å². The Hall–Kier alpha value is -2.11. The maximum Gasteiger partial charge on any atom is 0.322 e. The summed E-state index contributed by atoms with van der Waals surface area (Å²) in [6.07, 6.45) is 0. The smallest absolute Gasteiger partial charge is 0.322 e. The van der Waals surface area contributed by atoms with E-state index in [-0.39, 0.29) is 6.03 Å². The number of hydrogen-bond acceptors (Lipinski definition) is 3. The van der Waals surface area contributed by atoms with Crippen LogP contribution in [0.4, 0.5) is 16.2 Å². The van der Waals surface area contributed by atoms with Crippen molar-refractivity contribution in [2.75, 3.05) is 43.5 Å². The summed E-state index contributed by atoms with van der Waals surface area (Å²) in [6, 6.07) is 10.9. The number of anilines is 2. The average Bonchev–Trinajstić information content (AvgIpc) is 2.64. The third-order valence-electron chi connectivity index (χ3n) is 4.55. The normalized spacial score (nSPS) is 14.3. The fraction of sp³-hybridized carbons (Fsp3) is 0.316. The molecule has 0 saturated carbocycles. The van der Waals surface area contributed by atoms with Gasteiger partial charge in [0.15, 0.2) is 0 Å². The van der Waals surface area contributed by atoms with Gasteiger partial charge in [-0.2, -0.15) is 0 Å². The van der Waals surface area contributed by atoms with Crippen LogP contribution in [0.25, 0.3) is 0 Å². The Bertz CT molecular complexity index is 805. The van der Waals surface area contributed by atoms with Crippen molar-refractivity contribution in [3.63, 3.8) is 0 Å². The van der Waals surface area contributed by atoms with E-state index >= 15 is 0 Å². The maximum atomic E-state index is 12.6. The first-order valence-corrected chi connectivity index (χ1v) is 9.14. The Labute approximate surface area is 163 Å². The number of carbonyl (C=O) groups is 1. The zero-order valence-electron chi connectivity index (χ0n) is 14.8. The van der Waals surface area contributed by atoms with Gasteiger partial charge in [0.1, 0.15) is 5.75 Å². The molecule has 7 heteroatoms. The minimum Gasteiger partial charge on any atom is -0.495 e. The number of halogens is 2. The fourth-order valence-corrected chi connectivity index (χ4v) is 3.40. The Morgan fingerprint density at radius 1 is 1.12 bits per heavy atom. The molecule has 2 aromatic carbocycles. The first kappa shape index (κ1) is 18.7.